The number of piperidine rings is 1. The van der Waals surface area contributed by atoms with E-state index >= 15 is 0 Å². The number of amides is 1. The number of nitrogens with zero attached hydrogens (tertiary/aromatic N) is 3. The zero-order valence-corrected chi connectivity index (χ0v) is 16.3. The van der Waals surface area contributed by atoms with Gasteiger partial charge in [0.05, 0.1) is 17.5 Å². The lowest BCUT2D eigenvalue weighted by Gasteiger charge is -2.38. The largest absolute Gasteiger partial charge is 0.312 e. The lowest BCUT2D eigenvalue weighted by molar-refractivity contribution is 0.0749. The van der Waals surface area contributed by atoms with Gasteiger partial charge in [0.15, 0.2) is 0 Å². The minimum absolute atomic E-state index is 0.0971. The van der Waals surface area contributed by atoms with Crippen molar-refractivity contribution in [3.8, 4) is 11.3 Å². The molecule has 1 fully saturated rings. The van der Waals surface area contributed by atoms with E-state index in [-0.39, 0.29) is 5.91 Å². The summed E-state index contributed by atoms with van der Waals surface area (Å²) in [5, 5.41) is 4.40. The summed E-state index contributed by atoms with van der Waals surface area (Å²) in [5.41, 5.74) is 3.90. The first-order chi connectivity index (χ1) is 12.7. The molecule has 2 aromatic rings. The Morgan fingerprint density at radius 3 is 2.73 bits per heavy atom. The molecule has 1 aromatic heterocycles. The number of allylic oxidation sites excluding steroid dienone is 2. The SMILES string of the molecule is CSc1ccc(-c2c(C(=O)N3CCCC4CCCC=C43)cnn2C)cc1. The maximum atomic E-state index is 13.4. The fourth-order valence-electron chi connectivity index (χ4n) is 4.23. The van der Waals surface area contributed by atoms with Crippen molar-refractivity contribution < 1.29 is 4.79 Å². The van der Waals surface area contributed by atoms with Crippen molar-refractivity contribution in [1.82, 2.24) is 14.7 Å². The van der Waals surface area contributed by atoms with E-state index in [0.717, 1.165) is 30.6 Å². The zero-order valence-electron chi connectivity index (χ0n) is 15.4. The zero-order chi connectivity index (χ0) is 18.1. The maximum Gasteiger partial charge on any atom is 0.261 e. The number of carbonyl (C=O) groups is 1. The summed E-state index contributed by atoms with van der Waals surface area (Å²) in [4.78, 5) is 16.6. The molecule has 1 saturated heterocycles. The number of likely N-dealkylation sites (tertiary alicyclic amines) is 1. The van der Waals surface area contributed by atoms with Crippen LogP contribution in [0.4, 0.5) is 0 Å². The topological polar surface area (TPSA) is 38.1 Å². The van der Waals surface area contributed by atoms with Crippen LogP contribution in [0, 0.1) is 5.92 Å². The minimum Gasteiger partial charge on any atom is -0.312 e. The van der Waals surface area contributed by atoms with Crippen LogP contribution in [0.25, 0.3) is 11.3 Å². The highest BCUT2D eigenvalue weighted by atomic mass is 32.2. The predicted octanol–water partition coefficient (Wildman–Crippen LogP) is 4.73. The average Bonchev–Trinajstić information content (AvgIpc) is 3.08. The Labute approximate surface area is 159 Å². The summed E-state index contributed by atoms with van der Waals surface area (Å²) in [6.45, 7) is 0.820. The van der Waals surface area contributed by atoms with Gasteiger partial charge >= 0.3 is 0 Å². The molecule has 1 aliphatic heterocycles. The minimum atomic E-state index is 0.0971. The Balaban J connectivity index is 1.69. The standard InChI is InChI=1S/C21H25N3OS/c1-23-20(16-9-11-17(26-2)12-10-16)18(14-22-23)21(25)24-13-5-7-15-6-3-4-8-19(15)24/h8-12,14-15H,3-7,13H2,1-2H3. The molecule has 1 aliphatic carbocycles. The van der Waals surface area contributed by atoms with E-state index in [1.54, 1.807) is 18.0 Å². The van der Waals surface area contributed by atoms with E-state index in [2.05, 4.69) is 41.7 Å². The van der Waals surface area contributed by atoms with Crippen molar-refractivity contribution in [2.24, 2.45) is 13.0 Å². The lowest BCUT2D eigenvalue weighted by atomic mass is 9.84. The highest BCUT2D eigenvalue weighted by Gasteiger charge is 2.32. The van der Waals surface area contributed by atoms with Crippen LogP contribution in [-0.2, 0) is 7.05 Å². The van der Waals surface area contributed by atoms with E-state index in [9.17, 15) is 4.79 Å². The summed E-state index contributed by atoms with van der Waals surface area (Å²) in [6.07, 6.45) is 11.9. The Hall–Kier alpha value is -2.01. The molecule has 1 amide bonds. The third-order valence-corrected chi connectivity index (χ3v) is 6.30. The van der Waals surface area contributed by atoms with Crippen LogP contribution in [-0.4, -0.2) is 33.4 Å². The average molecular weight is 368 g/mol. The molecular formula is C21H25N3OS. The first-order valence-electron chi connectivity index (χ1n) is 9.37. The Bertz CT molecular complexity index is 837. The van der Waals surface area contributed by atoms with Crippen LogP contribution < -0.4 is 0 Å². The van der Waals surface area contributed by atoms with Crippen LogP contribution in [0.3, 0.4) is 0 Å². The molecule has 1 aromatic carbocycles. The van der Waals surface area contributed by atoms with Gasteiger partial charge in [-0.25, -0.2) is 0 Å². The first kappa shape index (κ1) is 17.4. The Morgan fingerprint density at radius 1 is 1.19 bits per heavy atom. The lowest BCUT2D eigenvalue weighted by Crippen LogP contribution is -2.39. The van der Waals surface area contributed by atoms with Crippen LogP contribution in [0.2, 0.25) is 0 Å². The van der Waals surface area contributed by atoms with E-state index in [1.807, 2.05) is 16.6 Å². The number of benzene rings is 1. The van der Waals surface area contributed by atoms with Gasteiger partial charge in [0.25, 0.3) is 5.91 Å². The van der Waals surface area contributed by atoms with Crippen LogP contribution in [0.15, 0.2) is 47.1 Å². The van der Waals surface area contributed by atoms with Gasteiger partial charge < -0.3 is 4.90 Å². The second-order valence-electron chi connectivity index (χ2n) is 7.11. The number of rotatable bonds is 3. The summed E-state index contributed by atoms with van der Waals surface area (Å²) in [5.74, 6) is 0.655. The second kappa shape index (κ2) is 7.31. The molecule has 4 rings (SSSR count). The maximum absolute atomic E-state index is 13.4. The fourth-order valence-corrected chi connectivity index (χ4v) is 4.63. The summed E-state index contributed by atoms with van der Waals surface area (Å²) in [6, 6.07) is 8.36. The Kier molecular flexibility index (Phi) is 4.90. The number of aryl methyl sites for hydroxylation is 1. The fraction of sp³-hybridized carbons (Fsp3) is 0.429. The molecule has 0 N–H and O–H groups in total. The highest BCUT2D eigenvalue weighted by molar-refractivity contribution is 7.98. The van der Waals surface area contributed by atoms with Gasteiger partial charge in [-0.3, -0.25) is 9.48 Å². The second-order valence-corrected chi connectivity index (χ2v) is 7.99. The van der Waals surface area contributed by atoms with Crippen LogP contribution in [0.5, 0.6) is 0 Å². The van der Waals surface area contributed by atoms with Crippen LogP contribution >= 0.6 is 11.8 Å². The predicted molar refractivity (Wildman–Crippen MR) is 106 cm³/mol. The van der Waals surface area contributed by atoms with Crippen molar-refractivity contribution in [2.45, 2.75) is 37.0 Å². The normalized spacial score (nSPS) is 19.8. The van der Waals surface area contributed by atoms with Gasteiger partial charge in [0.1, 0.15) is 0 Å². The van der Waals surface area contributed by atoms with Crippen molar-refractivity contribution in [2.75, 3.05) is 12.8 Å². The van der Waals surface area contributed by atoms with Crippen molar-refractivity contribution >= 4 is 17.7 Å². The van der Waals surface area contributed by atoms with E-state index in [1.165, 1.54) is 29.9 Å². The monoisotopic (exact) mass is 367 g/mol. The van der Waals surface area contributed by atoms with E-state index in [0.29, 0.717) is 11.5 Å². The third kappa shape index (κ3) is 3.09. The number of aromatic nitrogens is 2. The summed E-state index contributed by atoms with van der Waals surface area (Å²) < 4.78 is 1.82. The number of carbonyl (C=O) groups excluding carboxylic acids is 1. The molecule has 0 bridgehead atoms. The molecule has 5 heteroatoms. The van der Waals surface area contributed by atoms with E-state index < -0.39 is 0 Å². The van der Waals surface area contributed by atoms with Gasteiger partial charge in [-0.2, -0.15) is 5.10 Å². The molecule has 1 unspecified atom stereocenters. The molecule has 26 heavy (non-hydrogen) atoms. The molecule has 136 valence electrons. The molecule has 1 atom stereocenters. The van der Waals surface area contributed by atoms with Gasteiger partial charge in [-0.05, 0) is 56.4 Å². The number of hydrogen-bond donors (Lipinski definition) is 0. The molecule has 2 aliphatic rings. The first-order valence-corrected chi connectivity index (χ1v) is 10.6. The molecule has 0 saturated carbocycles. The van der Waals surface area contributed by atoms with Gasteiger partial charge in [0, 0.05) is 29.7 Å². The molecule has 0 spiro atoms. The van der Waals surface area contributed by atoms with Crippen molar-refractivity contribution in [3.63, 3.8) is 0 Å². The quantitative estimate of drug-likeness (QED) is 0.736. The number of thioether (sulfide) groups is 1. The van der Waals surface area contributed by atoms with Gasteiger partial charge in [-0.15, -0.1) is 11.8 Å². The molecule has 2 heterocycles. The molecular weight excluding hydrogens is 342 g/mol. The van der Waals surface area contributed by atoms with Gasteiger partial charge in [-0.1, -0.05) is 18.2 Å². The van der Waals surface area contributed by atoms with Crippen molar-refractivity contribution in [1.29, 1.82) is 0 Å². The number of hydrogen-bond acceptors (Lipinski definition) is 3. The van der Waals surface area contributed by atoms with Gasteiger partial charge in [0.2, 0.25) is 0 Å². The molecule has 0 radical (unpaired) electrons. The highest BCUT2D eigenvalue weighted by Crippen LogP contribution is 2.36. The Morgan fingerprint density at radius 2 is 1.96 bits per heavy atom. The summed E-state index contributed by atoms with van der Waals surface area (Å²) in [7, 11) is 1.91. The van der Waals surface area contributed by atoms with E-state index in [4.69, 9.17) is 0 Å². The molecule has 4 nitrogen and oxygen atoms in total. The number of fused-ring (bicyclic) bond motifs is 1. The third-order valence-electron chi connectivity index (χ3n) is 5.55. The smallest absolute Gasteiger partial charge is 0.261 e. The van der Waals surface area contributed by atoms with Crippen LogP contribution in [0.1, 0.15) is 42.5 Å². The van der Waals surface area contributed by atoms with Crippen molar-refractivity contribution in [3.05, 3.63) is 47.8 Å². The summed E-state index contributed by atoms with van der Waals surface area (Å²) >= 11 is 1.72.